The Kier molecular flexibility index (Phi) is 6.94. The predicted octanol–water partition coefficient (Wildman–Crippen LogP) is 2.34. The summed E-state index contributed by atoms with van der Waals surface area (Å²) in [6.07, 6.45) is 4.68. The van der Waals surface area contributed by atoms with E-state index in [9.17, 15) is 13.2 Å². The number of rotatable bonds is 6. The maximum atomic E-state index is 12.7. The molecular weight excluding hydrogens is 382 g/mol. The molecule has 0 aliphatic carbocycles. The van der Waals surface area contributed by atoms with E-state index in [0.29, 0.717) is 5.92 Å². The van der Waals surface area contributed by atoms with E-state index in [-0.39, 0.29) is 16.7 Å². The van der Waals surface area contributed by atoms with Crippen molar-refractivity contribution in [2.45, 2.75) is 36.8 Å². The number of sulfonamides is 1. The third-order valence-corrected chi connectivity index (χ3v) is 8.96. The number of nitrogens with zero attached hydrogens (tertiary/aromatic N) is 3. The van der Waals surface area contributed by atoms with Gasteiger partial charge in [0.1, 0.15) is 4.21 Å². The lowest BCUT2D eigenvalue weighted by Gasteiger charge is -2.38. The Balaban J connectivity index is 1.52. The van der Waals surface area contributed by atoms with Gasteiger partial charge in [0.25, 0.3) is 10.0 Å². The first-order valence-electron chi connectivity index (χ1n) is 9.86. The molecule has 3 rings (SSSR count). The van der Waals surface area contributed by atoms with Crippen LogP contribution in [0.15, 0.2) is 21.7 Å². The fraction of sp³-hybridized carbons (Fsp3) is 0.737. The van der Waals surface area contributed by atoms with E-state index in [0.717, 1.165) is 51.5 Å². The molecule has 0 N–H and O–H groups in total. The van der Waals surface area contributed by atoms with Gasteiger partial charge in [-0.05, 0) is 62.1 Å². The number of carbonyl (C=O) groups is 1. The van der Waals surface area contributed by atoms with Crippen LogP contribution in [0.5, 0.6) is 0 Å². The molecular formula is C19H31N3O3S2. The lowest BCUT2D eigenvalue weighted by molar-refractivity contribution is -0.133. The Morgan fingerprint density at radius 2 is 2.00 bits per heavy atom. The fourth-order valence-corrected chi connectivity index (χ4v) is 6.31. The van der Waals surface area contributed by atoms with Gasteiger partial charge in [0.15, 0.2) is 0 Å². The molecule has 1 aromatic rings. The molecule has 6 nitrogen and oxygen atoms in total. The summed E-state index contributed by atoms with van der Waals surface area (Å²) in [6.45, 7) is 7.09. The highest BCUT2D eigenvalue weighted by molar-refractivity contribution is 7.91. The van der Waals surface area contributed by atoms with Crippen molar-refractivity contribution in [3.8, 4) is 0 Å². The largest absolute Gasteiger partial charge is 0.341 e. The van der Waals surface area contributed by atoms with Crippen LogP contribution in [-0.4, -0.2) is 74.7 Å². The van der Waals surface area contributed by atoms with E-state index in [1.54, 1.807) is 17.5 Å². The van der Waals surface area contributed by atoms with E-state index >= 15 is 0 Å². The number of likely N-dealkylation sites (tertiary alicyclic amines) is 2. The molecule has 152 valence electrons. The highest BCUT2D eigenvalue weighted by Gasteiger charge is 2.29. The van der Waals surface area contributed by atoms with Crippen LogP contribution in [0.1, 0.15) is 32.6 Å². The first-order valence-corrected chi connectivity index (χ1v) is 12.2. The van der Waals surface area contributed by atoms with E-state index in [1.165, 1.54) is 35.5 Å². The number of likely N-dealkylation sites (N-methyl/N-ethyl adjacent to an activating group) is 1. The highest BCUT2D eigenvalue weighted by atomic mass is 32.2. The first-order chi connectivity index (χ1) is 12.9. The molecule has 1 amide bonds. The molecule has 0 bridgehead atoms. The zero-order chi connectivity index (χ0) is 19.4. The summed E-state index contributed by atoms with van der Waals surface area (Å²) < 4.78 is 26.5. The second-order valence-electron chi connectivity index (χ2n) is 8.02. The average Bonchev–Trinajstić information content (AvgIpc) is 3.19. The van der Waals surface area contributed by atoms with Crippen molar-refractivity contribution in [3.05, 3.63) is 17.5 Å². The van der Waals surface area contributed by atoms with Crippen LogP contribution in [-0.2, 0) is 14.8 Å². The number of hydrogen-bond donors (Lipinski definition) is 0. The lowest BCUT2D eigenvalue weighted by Crippen LogP contribution is -2.48. The second-order valence-corrected chi connectivity index (χ2v) is 11.2. The quantitative estimate of drug-likeness (QED) is 0.718. The van der Waals surface area contributed by atoms with Gasteiger partial charge < -0.3 is 9.80 Å². The Hall–Kier alpha value is -0.960. The van der Waals surface area contributed by atoms with Gasteiger partial charge in [0.05, 0.1) is 6.54 Å². The van der Waals surface area contributed by atoms with Crippen molar-refractivity contribution in [2.75, 3.05) is 46.3 Å². The number of piperidine rings is 2. The summed E-state index contributed by atoms with van der Waals surface area (Å²) in [4.78, 5) is 17.1. The Morgan fingerprint density at radius 1 is 1.26 bits per heavy atom. The molecule has 2 saturated heterocycles. The summed E-state index contributed by atoms with van der Waals surface area (Å²) in [5.41, 5.74) is 0. The minimum Gasteiger partial charge on any atom is -0.341 e. The van der Waals surface area contributed by atoms with Crippen molar-refractivity contribution in [1.82, 2.24) is 14.1 Å². The van der Waals surface area contributed by atoms with Crippen LogP contribution in [0.4, 0.5) is 0 Å². The zero-order valence-corrected chi connectivity index (χ0v) is 18.0. The molecule has 0 spiro atoms. The minimum absolute atomic E-state index is 0.0883. The summed E-state index contributed by atoms with van der Waals surface area (Å²) in [6, 6.07) is 3.29. The van der Waals surface area contributed by atoms with Crippen LogP contribution in [0.2, 0.25) is 0 Å². The van der Waals surface area contributed by atoms with E-state index in [1.807, 2.05) is 4.90 Å². The maximum Gasteiger partial charge on any atom is 0.252 e. The standard InChI is InChI=1S/C19H31N3O3S2/c1-16-7-10-21(11-8-16)13-17-5-3-9-22(14-17)18(23)15-20(2)27(24,25)19-6-4-12-26-19/h4,6,12,16-17H,3,5,7-11,13-15H2,1-2H3. The summed E-state index contributed by atoms with van der Waals surface area (Å²) in [5, 5.41) is 1.74. The minimum atomic E-state index is -3.57. The van der Waals surface area contributed by atoms with Gasteiger partial charge in [-0.2, -0.15) is 4.31 Å². The van der Waals surface area contributed by atoms with E-state index in [2.05, 4.69) is 11.8 Å². The molecule has 2 aliphatic rings. The molecule has 1 atom stereocenters. The van der Waals surface area contributed by atoms with Crippen molar-refractivity contribution in [2.24, 2.45) is 11.8 Å². The Labute approximate surface area is 167 Å². The number of amides is 1. The van der Waals surface area contributed by atoms with Gasteiger partial charge >= 0.3 is 0 Å². The molecule has 2 fully saturated rings. The average molecular weight is 414 g/mol. The zero-order valence-electron chi connectivity index (χ0n) is 16.3. The van der Waals surface area contributed by atoms with Gasteiger partial charge in [0, 0.05) is 26.7 Å². The molecule has 3 heterocycles. The van der Waals surface area contributed by atoms with Gasteiger partial charge in [-0.1, -0.05) is 13.0 Å². The molecule has 27 heavy (non-hydrogen) atoms. The number of hydrogen-bond acceptors (Lipinski definition) is 5. The van der Waals surface area contributed by atoms with E-state index < -0.39 is 10.0 Å². The summed E-state index contributed by atoms with van der Waals surface area (Å²) in [7, 11) is -2.09. The predicted molar refractivity (Wildman–Crippen MR) is 108 cm³/mol. The van der Waals surface area contributed by atoms with Gasteiger partial charge in [-0.15, -0.1) is 11.3 Å². The fourth-order valence-electron chi connectivity index (χ4n) is 3.99. The van der Waals surface area contributed by atoms with Crippen molar-refractivity contribution >= 4 is 27.3 Å². The van der Waals surface area contributed by atoms with E-state index in [4.69, 9.17) is 0 Å². The van der Waals surface area contributed by atoms with Crippen molar-refractivity contribution in [3.63, 3.8) is 0 Å². The third kappa shape index (κ3) is 5.31. The SMILES string of the molecule is CC1CCN(CC2CCCN(C(=O)CN(C)S(=O)(=O)c3cccs3)C2)CC1. The Morgan fingerprint density at radius 3 is 2.67 bits per heavy atom. The summed E-state index contributed by atoms with van der Waals surface area (Å²) >= 11 is 1.18. The normalized spacial score (nSPS) is 23.1. The summed E-state index contributed by atoms with van der Waals surface area (Å²) in [5.74, 6) is 1.23. The van der Waals surface area contributed by atoms with Crippen LogP contribution in [0, 0.1) is 11.8 Å². The van der Waals surface area contributed by atoms with Gasteiger partial charge in [-0.25, -0.2) is 8.42 Å². The van der Waals surface area contributed by atoms with Gasteiger partial charge in [0.2, 0.25) is 5.91 Å². The maximum absolute atomic E-state index is 12.7. The molecule has 0 aromatic carbocycles. The molecule has 8 heteroatoms. The first kappa shape index (κ1) is 20.8. The van der Waals surface area contributed by atoms with Crippen molar-refractivity contribution < 1.29 is 13.2 Å². The highest BCUT2D eigenvalue weighted by Crippen LogP contribution is 2.23. The molecule has 1 aromatic heterocycles. The molecule has 0 saturated carbocycles. The van der Waals surface area contributed by atoms with Crippen molar-refractivity contribution in [1.29, 1.82) is 0 Å². The second kappa shape index (κ2) is 9.03. The topological polar surface area (TPSA) is 60.9 Å². The number of thiophene rings is 1. The third-order valence-electron chi connectivity index (χ3n) is 5.78. The van der Waals surface area contributed by atoms with Crippen LogP contribution in [0.3, 0.4) is 0 Å². The lowest BCUT2D eigenvalue weighted by atomic mass is 9.94. The smallest absolute Gasteiger partial charge is 0.252 e. The van der Waals surface area contributed by atoms with Crippen LogP contribution >= 0.6 is 11.3 Å². The number of carbonyl (C=O) groups excluding carboxylic acids is 1. The van der Waals surface area contributed by atoms with Crippen LogP contribution < -0.4 is 0 Å². The van der Waals surface area contributed by atoms with Crippen LogP contribution in [0.25, 0.3) is 0 Å². The molecule has 1 unspecified atom stereocenters. The molecule has 2 aliphatic heterocycles. The monoisotopic (exact) mass is 413 g/mol. The Bertz CT molecular complexity index is 713. The van der Waals surface area contributed by atoms with Gasteiger partial charge in [-0.3, -0.25) is 4.79 Å². The molecule has 0 radical (unpaired) electrons.